The van der Waals surface area contributed by atoms with Gasteiger partial charge in [-0.25, -0.2) is 4.98 Å². The van der Waals surface area contributed by atoms with Gasteiger partial charge in [-0.15, -0.1) is 0 Å². The lowest BCUT2D eigenvalue weighted by molar-refractivity contribution is -0.134. The third-order valence-corrected chi connectivity index (χ3v) is 6.20. The van der Waals surface area contributed by atoms with Crippen LogP contribution < -0.4 is 5.56 Å². The second-order valence-corrected chi connectivity index (χ2v) is 8.67. The van der Waals surface area contributed by atoms with E-state index < -0.39 is 0 Å². The van der Waals surface area contributed by atoms with E-state index in [4.69, 9.17) is 9.72 Å². The summed E-state index contributed by atoms with van der Waals surface area (Å²) in [6.07, 6.45) is 5.41. The summed E-state index contributed by atoms with van der Waals surface area (Å²) in [6, 6.07) is 1.71. The highest BCUT2D eigenvalue weighted by Crippen LogP contribution is 2.26. The van der Waals surface area contributed by atoms with Crippen LogP contribution in [0, 0.1) is 0 Å². The maximum absolute atomic E-state index is 12.8. The summed E-state index contributed by atoms with van der Waals surface area (Å²) in [4.78, 5) is 34.3. The number of carbonyl (C=O) groups is 1. The Morgan fingerprint density at radius 3 is 2.71 bits per heavy atom. The number of amides is 1. The number of aryl methyl sites for hydroxylation is 1. The average Bonchev–Trinajstić information content (AvgIpc) is 3.00. The molecule has 2 saturated heterocycles. The van der Waals surface area contributed by atoms with Crippen molar-refractivity contribution in [3.63, 3.8) is 0 Å². The molecule has 0 bridgehead atoms. The number of carbonyl (C=O) groups excluding carboxylic acids is 1. The molecule has 2 fully saturated rings. The summed E-state index contributed by atoms with van der Waals surface area (Å²) in [5.74, 6) is 1.28. The van der Waals surface area contributed by atoms with Crippen molar-refractivity contribution in [2.75, 3.05) is 32.7 Å². The van der Waals surface area contributed by atoms with Gasteiger partial charge in [-0.3, -0.25) is 19.1 Å². The Morgan fingerprint density at radius 2 is 1.93 bits per heavy atom. The molecule has 7 nitrogen and oxygen atoms in total. The van der Waals surface area contributed by atoms with Crippen molar-refractivity contribution in [1.82, 2.24) is 19.4 Å². The molecule has 0 radical (unpaired) electrons. The van der Waals surface area contributed by atoms with E-state index in [-0.39, 0.29) is 29.6 Å². The minimum Gasteiger partial charge on any atom is -0.373 e. The quantitative estimate of drug-likeness (QED) is 0.783. The van der Waals surface area contributed by atoms with Gasteiger partial charge in [0.25, 0.3) is 5.56 Å². The zero-order chi connectivity index (χ0) is 19.7. The van der Waals surface area contributed by atoms with Crippen molar-refractivity contribution in [3.05, 3.63) is 27.9 Å². The Morgan fingerprint density at radius 1 is 1.14 bits per heavy atom. The molecule has 0 N–H and O–H groups in total. The molecule has 154 valence electrons. The van der Waals surface area contributed by atoms with E-state index in [2.05, 4.69) is 18.7 Å². The first-order chi connectivity index (χ1) is 13.5. The molecule has 0 aromatic carbocycles. The van der Waals surface area contributed by atoms with Crippen LogP contribution in [0.5, 0.6) is 0 Å². The van der Waals surface area contributed by atoms with Crippen molar-refractivity contribution in [1.29, 1.82) is 0 Å². The summed E-state index contributed by atoms with van der Waals surface area (Å²) in [5, 5.41) is 0. The lowest BCUT2D eigenvalue weighted by atomic mass is 10.0. The molecule has 1 amide bonds. The number of rotatable bonds is 3. The molecular formula is C21H32N4O3. The van der Waals surface area contributed by atoms with E-state index in [1.165, 1.54) is 0 Å². The van der Waals surface area contributed by atoms with E-state index >= 15 is 0 Å². The first-order valence-electron chi connectivity index (χ1n) is 10.8. The van der Waals surface area contributed by atoms with Crippen LogP contribution in [0.1, 0.15) is 57.0 Å². The fourth-order valence-corrected chi connectivity index (χ4v) is 4.88. The number of likely N-dealkylation sites (tertiary alicyclic amines) is 1. The standard InChI is InChI=1S/C21H32N4O3/c1-15-11-23(12-16(2)28-15)14-21(27)24-9-7-17(13-24)18-10-20(26)25-8-5-3-4-6-19(25)22-18/h10,15-17H,3-9,11-14H2,1-2H3/t15-,16+,17-/m0/s1. The fraction of sp³-hybridized carbons (Fsp3) is 0.762. The highest BCUT2D eigenvalue weighted by molar-refractivity contribution is 5.78. The van der Waals surface area contributed by atoms with Crippen LogP contribution >= 0.6 is 0 Å². The van der Waals surface area contributed by atoms with Crippen molar-refractivity contribution in [3.8, 4) is 0 Å². The first kappa shape index (κ1) is 19.6. The molecule has 7 heteroatoms. The van der Waals surface area contributed by atoms with Gasteiger partial charge in [-0.1, -0.05) is 6.42 Å². The molecule has 0 unspecified atom stereocenters. The Hall–Kier alpha value is -1.73. The zero-order valence-corrected chi connectivity index (χ0v) is 17.1. The Labute approximate surface area is 166 Å². The van der Waals surface area contributed by atoms with Crippen LogP contribution in [0.4, 0.5) is 0 Å². The number of nitrogens with zero attached hydrogens (tertiary/aromatic N) is 4. The molecule has 0 aliphatic carbocycles. The summed E-state index contributed by atoms with van der Waals surface area (Å²) in [5.41, 5.74) is 0.949. The van der Waals surface area contributed by atoms with Crippen molar-refractivity contribution in [2.24, 2.45) is 0 Å². The predicted molar refractivity (Wildman–Crippen MR) is 106 cm³/mol. The van der Waals surface area contributed by atoms with E-state index in [9.17, 15) is 9.59 Å². The predicted octanol–water partition coefficient (Wildman–Crippen LogP) is 1.39. The van der Waals surface area contributed by atoms with Gasteiger partial charge in [0, 0.05) is 51.1 Å². The highest BCUT2D eigenvalue weighted by Gasteiger charge is 2.31. The summed E-state index contributed by atoms with van der Waals surface area (Å²) < 4.78 is 7.60. The largest absolute Gasteiger partial charge is 0.373 e. The van der Waals surface area contributed by atoms with E-state index in [1.807, 2.05) is 9.47 Å². The van der Waals surface area contributed by atoms with Gasteiger partial charge >= 0.3 is 0 Å². The van der Waals surface area contributed by atoms with Gasteiger partial charge in [-0.2, -0.15) is 0 Å². The molecule has 3 atom stereocenters. The van der Waals surface area contributed by atoms with Crippen LogP contribution in [0.15, 0.2) is 10.9 Å². The molecule has 0 saturated carbocycles. The normalized spacial score (nSPS) is 28.8. The van der Waals surface area contributed by atoms with Gasteiger partial charge in [0.2, 0.25) is 5.91 Å². The highest BCUT2D eigenvalue weighted by atomic mass is 16.5. The number of hydrogen-bond donors (Lipinski definition) is 0. The van der Waals surface area contributed by atoms with Crippen LogP contribution in [0.25, 0.3) is 0 Å². The number of ether oxygens (including phenoxy) is 1. The van der Waals surface area contributed by atoms with E-state index in [0.29, 0.717) is 13.1 Å². The van der Waals surface area contributed by atoms with Crippen molar-refractivity contribution >= 4 is 5.91 Å². The van der Waals surface area contributed by atoms with Crippen LogP contribution in [0.3, 0.4) is 0 Å². The van der Waals surface area contributed by atoms with Gasteiger partial charge < -0.3 is 9.64 Å². The number of morpholine rings is 1. The minimum absolute atomic E-state index is 0.0722. The lowest BCUT2D eigenvalue weighted by Gasteiger charge is -2.35. The summed E-state index contributed by atoms with van der Waals surface area (Å²) in [6.45, 7) is 8.37. The molecule has 1 aromatic rings. The lowest BCUT2D eigenvalue weighted by Crippen LogP contribution is -2.49. The fourth-order valence-electron chi connectivity index (χ4n) is 4.88. The minimum atomic E-state index is 0.0722. The number of fused-ring (bicyclic) bond motifs is 1. The second kappa shape index (κ2) is 8.33. The second-order valence-electron chi connectivity index (χ2n) is 8.67. The molecular weight excluding hydrogens is 356 g/mol. The Bertz CT molecular complexity index is 767. The third-order valence-electron chi connectivity index (χ3n) is 6.20. The smallest absolute Gasteiger partial charge is 0.253 e. The molecule has 4 heterocycles. The first-order valence-corrected chi connectivity index (χ1v) is 10.8. The van der Waals surface area contributed by atoms with Gasteiger partial charge in [0.15, 0.2) is 0 Å². The van der Waals surface area contributed by atoms with Crippen LogP contribution in [-0.4, -0.2) is 70.2 Å². The molecule has 3 aliphatic rings. The van der Waals surface area contributed by atoms with E-state index in [1.54, 1.807) is 6.07 Å². The number of aromatic nitrogens is 2. The maximum atomic E-state index is 12.8. The summed E-state index contributed by atoms with van der Waals surface area (Å²) in [7, 11) is 0. The SMILES string of the molecule is C[C@@H]1CN(CC(=O)N2CC[C@H](c3cc(=O)n4c(n3)CCCCC4)C2)C[C@H](C)O1. The molecule has 1 aromatic heterocycles. The van der Waals surface area contributed by atoms with Gasteiger partial charge in [0.1, 0.15) is 5.82 Å². The topological polar surface area (TPSA) is 67.7 Å². The van der Waals surface area contributed by atoms with Gasteiger partial charge in [0.05, 0.1) is 24.4 Å². The molecule has 3 aliphatic heterocycles. The van der Waals surface area contributed by atoms with Crippen LogP contribution in [0.2, 0.25) is 0 Å². The molecule has 28 heavy (non-hydrogen) atoms. The summed E-state index contributed by atoms with van der Waals surface area (Å²) >= 11 is 0. The van der Waals surface area contributed by atoms with E-state index in [0.717, 1.165) is 69.8 Å². The third kappa shape index (κ3) is 4.30. The molecule has 4 rings (SSSR count). The Kier molecular flexibility index (Phi) is 5.83. The average molecular weight is 389 g/mol. The van der Waals surface area contributed by atoms with Crippen molar-refractivity contribution in [2.45, 2.75) is 70.6 Å². The van der Waals surface area contributed by atoms with Gasteiger partial charge in [-0.05, 0) is 33.1 Å². The molecule has 0 spiro atoms. The monoisotopic (exact) mass is 388 g/mol. The Balaban J connectivity index is 1.40. The zero-order valence-electron chi connectivity index (χ0n) is 17.1. The van der Waals surface area contributed by atoms with Crippen molar-refractivity contribution < 1.29 is 9.53 Å². The van der Waals surface area contributed by atoms with Crippen LogP contribution in [-0.2, 0) is 22.5 Å². The number of hydrogen-bond acceptors (Lipinski definition) is 5. The maximum Gasteiger partial charge on any atom is 0.253 e.